The summed E-state index contributed by atoms with van der Waals surface area (Å²) in [4.78, 5) is 13.4. The zero-order valence-electron chi connectivity index (χ0n) is 20.1. The van der Waals surface area contributed by atoms with Gasteiger partial charge in [-0.25, -0.2) is 0 Å². The summed E-state index contributed by atoms with van der Waals surface area (Å²) in [5, 5.41) is 13.3. The number of hydrogen-bond acceptors (Lipinski definition) is 3. The Bertz CT molecular complexity index is 531. The largest absolute Gasteiger partial charge is 0.480 e. The van der Waals surface area contributed by atoms with E-state index >= 15 is 0 Å². The zero-order chi connectivity index (χ0) is 21.7. The van der Waals surface area contributed by atoms with Crippen LogP contribution in [0.15, 0.2) is 0 Å². The first-order valence-corrected chi connectivity index (χ1v) is 13.1. The number of hydrogen-bond donors (Lipinski definition) is 2. The number of aliphatic carboxylic acids is 1. The molecular weight excluding hydrogens is 372 g/mol. The highest BCUT2D eigenvalue weighted by Gasteiger charge is 2.48. The fourth-order valence-electron chi connectivity index (χ4n) is 7.31. The Labute approximate surface area is 185 Å². The molecule has 0 amide bonds. The van der Waals surface area contributed by atoms with E-state index in [9.17, 15) is 9.90 Å². The number of likely N-dealkylation sites (N-methyl/N-ethyl adjacent to an activating group) is 1. The van der Waals surface area contributed by atoms with Gasteiger partial charge in [0.25, 0.3) is 0 Å². The highest BCUT2D eigenvalue weighted by Crippen LogP contribution is 2.49. The molecule has 3 rings (SSSR count). The molecule has 0 aromatic carbocycles. The Morgan fingerprint density at radius 1 is 1.03 bits per heavy atom. The van der Waals surface area contributed by atoms with Gasteiger partial charge in [0, 0.05) is 6.04 Å². The summed E-state index contributed by atoms with van der Waals surface area (Å²) in [6, 6.07) is 0.582. The third kappa shape index (κ3) is 6.00. The van der Waals surface area contributed by atoms with Crippen molar-refractivity contribution in [1.82, 2.24) is 10.2 Å². The number of carboxylic acids is 1. The summed E-state index contributed by atoms with van der Waals surface area (Å²) in [7, 11) is 2.00. The maximum Gasteiger partial charge on any atom is 0.317 e. The average molecular weight is 421 g/mol. The molecule has 0 spiro atoms. The molecule has 6 unspecified atom stereocenters. The quantitative estimate of drug-likeness (QED) is 0.465. The van der Waals surface area contributed by atoms with E-state index in [4.69, 9.17) is 0 Å². The summed E-state index contributed by atoms with van der Waals surface area (Å²) in [6.45, 7) is 7.27. The highest BCUT2D eigenvalue weighted by atomic mass is 16.4. The van der Waals surface area contributed by atoms with Crippen LogP contribution >= 0.6 is 0 Å². The Balaban J connectivity index is 1.71. The maximum atomic E-state index is 11.4. The molecule has 4 heteroatoms. The van der Waals surface area contributed by atoms with Crippen molar-refractivity contribution in [3.8, 4) is 0 Å². The van der Waals surface area contributed by atoms with Crippen molar-refractivity contribution >= 4 is 5.97 Å². The van der Waals surface area contributed by atoms with Gasteiger partial charge in [-0.15, -0.1) is 0 Å². The molecule has 0 radical (unpaired) electrons. The van der Waals surface area contributed by atoms with E-state index in [2.05, 4.69) is 31.0 Å². The molecule has 4 nitrogen and oxygen atoms in total. The average Bonchev–Trinajstić information content (AvgIpc) is 2.71. The summed E-state index contributed by atoms with van der Waals surface area (Å²) in [6.07, 6.45) is 16.7. The van der Waals surface area contributed by atoms with E-state index in [1.54, 1.807) is 0 Å². The molecule has 0 aromatic rings. The van der Waals surface area contributed by atoms with Gasteiger partial charge in [-0.3, -0.25) is 15.0 Å². The standard InChI is InChI=1S/C26H48N2O2/c1-5-6-7-8-9-20-12-15-23-22(16-20)25(21-13-10-18(2)11-14-21)19(3)26(27-23)28(4)17-24(29)30/h18-23,25-27H,5-17H2,1-4H3,(H,29,30). The van der Waals surface area contributed by atoms with E-state index in [0.29, 0.717) is 12.0 Å². The van der Waals surface area contributed by atoms with Crippen LogP contribution in [0.2, 0.25) is 0 Å². The van der Waals surface area contributed by atoms with Gasteiger partial charge in [-0.1, -0.05) is 65.7 Å². The fourth-order valence-corrected chi connectivity index (χ4v) is 7.31. The van der Waals surface area contributed by atoms with Crippen LogP contribution in [0.5, 0.6) is 0 Å². The zero-order valence-corrected chi connectivity index (χ0v) is 20.1. The van der Waals surface area contributed by atoms with Crippen LogP contribution in [0.4, 0.5) is 0 Å². The molecule has 3 aliphatic rings. The van der Waals surface area contributed by atoms with Crippen molar-refractivity contribution < 1.29 is 9.90 Å². The molecule has 1 aliphatic heterocycles. The van der Waals surface area contributed by atoms with Gasteiger partial charge < -0.3 is 5.11 Å². The second-order valence-electron chi connectivity index (χ2n) is 11.2. The predicted octanol–water partition coefficient (Wildman–Crippen LogP) is 5.77. The first-order chi connectivity index (χ1) is 14.4. The summed E-state index contributed by atoms with van der Waals surface area (Å²) >= 11 is 0. The predicted molar refractivity (Wildman–Crippen MR) is 124 cm³/mol. The Morgan fingerprint density at radius 3 is 2.43 bits per heavy atom. The number of fused-ring (bicyclic) bond motifs is 1. The van der Waals surface area contributed by atoms with E-state index in [1.165, 1.54) is 77.0 Å². The van der Waals surface area contributed by atoms with Crippen LogP contribution in [-0.4, -0.2) is 41.8 Å². The van der Waals surface area contributed by atoms with Crippen molar-refractivity contribution in [1.29, 1.82) is 0 Å². The summed E-state index contributed by atoms with van der Waals surface area (Å²) in [5.74, 6) is 3.99. The Hall–Kier alpha value is -0.610. The van der Waals surface area contributed by atoms with Gasteiger partial charge in [-0.2, -0.15) is 0 Å². The highest BCUT2D eigenvalue weighted by molar-refractivity contribution is 5.69. The molecule has 174 valence electrons. The molecule has 1 saturated heterocycles. The minimum absolute atomic E-state index is 0.133. The second kappa shape index (κ2) is 11.3. The monoisotopic (exact) mass is 420 g/mol. The number of piperidine rings is 1. The lowest BCUT2D eigenvalue weighted by molar-refractivity contribution is -0.140. The van der Waals surface area contributed by atoms with Gasteiger partial charge in [0.15, 0.2) is 0 Å². The van der Waals surface area contributed by atoms with E-state index in [-0.39, 0.29) is 12.7 Å². The first-order valence-electron chi connectivity index (χ1n) is 13.1. The number of nitrogens with zero attached hydrogens (tertiary/aromatic N) is 1. The van der Waals surface area contributed by atoms with Gasteiger partial charge in [0.05, 0.1) is 12.7 Å². The van der Waals surface area contributed by atoms with E-state index in [0.717, 1.165) is 29.6 Å². The third-order valence-corrected chi connectivity index (χ3v) is 8.92. The lowest BCUT2D eigenvalue weighted by Gasteiger charge is -2.55. The smallest absolute Gasteiger partial charge is 0.317 e. The van der Waals surface area contributed by atoms with Crippen LogP contribution in [0, 0.1) is 35.5 Å². The molecule has 6 atom stereocenters. The Morgan fingerprint density at radius 2 is 1.77 bits per heavy atom. The van der Waals surface area contributed by atoms with Crippen molar-refractivity contribution in [3.05, 3.63) is 0 Å². The first kappa shape index (κ1) is 24.0. The third-order valence-electron chi connectivity index (χ3n) is 8.92. The molecule has 1 heterocycles. The lowest BCUT2D eigenvalue weighted by atomic mass is 9.58. The van der Waals surface area contributed by atoms with Crippen LogP contribution in [0.25, 0.3) is 0 Å². The molecule has 2 saturated carbocycles. The normalized spacial score (nSPS) is 39.6. The van der Waals surface area contributed by atoms with Crippen LogP contribution in [0.1, 0.15) is 97.8 Å². The second-order valence-corrected chi connectivity index (χ2v) is 11.2. The number of rotatable bonds is 9. The maximum absolute atomic E-state index is 11.4. The molecule has 3 fully saturated rings. The van der Waals surface area contributed by atoms with Gasteiger partial charge in [0.2, 0.25) is 0 Å². The van der Waals surface area contributed by atoms with E-state index in [1.807, 2.05) is 7.05 Å². The number of carboxylic acid groups (broad SMARTS) is 1. The van der Waals surface area contributed by atoms with Crippen molar-refractivity contribution in [2.24, 2.45) is 35.5 Å². The molecule has 2 aliphatic carbocycles. The van der Waals surface area contributed by atoms with Gasteiger partial charge in [-0.05, 0) is 74.7 Å². The van der Waals surface area contributed by atoms with E-state index < -0.39 is 5.97 Å². The van der Waals surface area contributed by atoms with Crippen molar-refractivity contribution in [3.63, 3.8) is 0 Å². The minimum atomic E-state index is -0.715. The topological polar surface area (TPSA) is 52.6 Å². The van der Waals surface area contributed by atoms with Gasteiger partial charge >= 0.3 is 5.97 Å². The summed E-state index contributed by atoms with van der Waals surface area (Å²) in [5.41, 5.74) is 0. The SMILES string of the molecule is CCCCCCC1CCC2NC(N(C)CC(=O)O)C(C)C(C3CCC(C)CC3)C2C1. The molecule has 30 heavy (non-hydrogen) atoms. The van der Waals surface area contributed by atoms with Crippen molar-refractivity contribution in [2.45, 2.75) is 110 Å². The van der Waals surface area contributed by atoms with Gasteiger partial charge in [0.1, 0.15) is 0 Å². The number of nitrogens with one attached hydrogen (secondary N) is 1. The minimum Gasteiger partial charge on any atom is -0.480 e. The molecule has 0 bridgehead atoms. The van der Waals surface area contributed by atoms with Crippen molar-refractivity contribution in [2.75, 3.05) is 13.6 Å². The lowest BCUT2D eigenvalue weighted by Crippen LogP contribution is -2.64. The Kier molecular flexibility index (Phi) is 9.07. The fraction of sp³-hybridized carbons (Fsp3) is 0.962. The molecule has 2 N–H and O–H groups in total. The molecular formula is C26H48N2O2. The summed E-state index contributed by atoms with van der Waals surface area (Å²) < 4.78 is 0. The van der Waals surface area contributed by atoms with Crippen LogP contribution in [0.3, 0.4) is 0 Å². The molecule has 0 aromatic heterocycles. The number of carbonyl (C=O) groups is 1. The van der Waals surface area contributed by atoms with Crippen LogP contribution in [-0.2, 0) is 4.79 Å². The van der Waals surface area contributed by atoms with Crippen LogP contribution < -0.4 is 5.32 Å². The number of unbranched alkanes of at least 4 members (excludes halogenated alkanes) is 3.